The SMILES string of the molecule is CCC(c1nc(-c2ccc3ncccc3c2)no1)C(C)O. The molecule has 1 aromatic carbocycles. The first kappa shape index (κ1) is 13.7. The van der Waals surface area contributed by atoms with Gasteiger partial charge in [0.15, 0.2) is 0 Å². The Morgan fingerprint density at radius 2 is 2.14 bits per heavy atom. The van der Waals surface area contributed by atoms with Crippen LogP contribution in [-0.4, -0.2) is 26.3 Å². The number of aromatic nitrogens is 3. The van der Waals surface area contributed by atoms with Crippen molar-refractivity contribution in [3.8, 4) is 11.4 Å². The van der Waals surface area contributed by atoms with Crippen LogP contribution in [0.5, 0.6) is 0 Å². The summed E-state index contributed by atoms with van der Waals surface area (Å²) in [7, 11) is 0. The van der Waals surface area contributed by atoms with E-state index in [1.165, 1.54) is 0 Å². The van der Waals surface area contributed by atoms with E-state index in [0.717, 1.165) is 22.9 Å². The third-order valence-electron chi connectivity index (χ3n) is 3.64. The van der Waals surface area contributed by atoms with Gasteiger partial charge >= 0.3 is 0 Å². The molecule has 0 saturated heterocycles. The molecule has 1 N–H and O–H groups in total. The quantitative estimate of drug-likeness (QED) is 0.796. The smallest absolute Gasteiger partial charge is 0.232 e. The number of fused-ring (bicyclic) bond motifs is 1. The molecule has 5 heteroatoms. The zero-order valence-corrected chi connectivity index (χ0v) is 12.0. The van der Waals surface area contributed by atoms with E-state index in [9.17, 15) is 5.11 Å². The fraction of sp³-hybridized carbons (Fsp3) is 0.312. The van der Waals surface area contributed by atoms with Crippen LogP contribution in [-0.2, 0) is 0 Å². The molecule has 2 unspecified atom stereocenters. The van der Waals surface area contributed by atoms with Crippen molar-refractivity contribution in [2.24, 2.45) is 0 Å². The van der Waals surface area contributed by atoms with Gasteiger partial charge in [-0.3, -0.25) is 4.98 Å². The Balaban J connectivity index is 1.97. The Morgan fingerprint density at radius 1 is 1.29 bits per heavy atom. The fourth-order valence-corrected chi connectivity index (χ4v) is 2.44. The zero-order valence-electron chi connectivity index (χ0n) is 12.0. The third kappa shape index (κ3) is 2.64. The highest BCUT2D eigenvalue weighted by Gasteiger charge is 2.22. The predicted molar refractivity (Wildman–Crippen MR) is 79.7 cm³/mol. The number of rotatable bonds is 4. The van der Waals surface area contributed by atoms with Gasteiger partial charge in [-0.1, -0.05) is 18.1 Å². The van der Waals surface area contributed by atoms with Crippen molar-refractivity contribution in [1.29, 1.82) is 0 Å². The number of nitrogens with zero attached hydrogens (tertiary/aromatic N) is 3. The monoisotopic (exact) mass is 283 g/mol. The molecule has 108 valence electrons. The van der Waals surface area contributed by atoms with E-state index in [-0.39, 0.29) is 5.92 Å². The molecule has 0 bridgehead atoms. The lowest BCUT2D eigenvalue weighted by Gasteiger charge is -2.12. The van der Waals surface area contributed by atoms with Crippen molar-refractivity contribution < 1.29 is 9.63 Å². The molecule has 5 nitrogen and oxygen atoms in total. The normalized spacial score (nSPS) is 14.2. The van der Waals surface area contributed by atoms with Crippen molar-refractivity contribution in [2.75, 3.05) is 0 Å². The number of benzene rings is 1. The van der Waals surface area contributed by atoms with Gasteiger partial charge in [-0.2, -0.15) is 4.98 Å². The first-order chi connectivity index (χ1) is 10.2. The van der Waals surface area contributed by atoms with Crippen LogP contribution in [0.2, 0.25) is 0 Å². The lowest BCUT2D eigenvalue weighted by Crippen LogP contribution is -2.13. The minimum absolute atomic E-state index is 0.131. The van der Waals surface area contributed by atoms with Crippen LogP contribution < -0.4 is 0 Å². The molecule has 21 heavy (non-hydrogen) atoms. The lowest BCUT2D eigenvalue weighted by atomic mass is 10.0. The van der Waals surface area contributed by atoms with Crippen molar-refractivity contribution >= 4 is 10.9 Å². The Kier molecular flexibility index (Phi) is 3.66. The predicted octanol–water partition coefficient (Wildman–Crippen LogP) is 3.16. The van der Waals surface area contributed by atoms with Gasteiger partial charge < -0.3 is 9.63 Å². The Morgan fingerprint density at radius 3 is 2.90 bits per heavy atom. The number of aliphatic hydroxyl groups is 1. The molecule has 3 aromatic rings. The summed E-state index contributed by atoms with van der Waals surface area (Å²) in [4.78, 5) is 8.71. The molecule has 0 radical (unpaired) electrons. The van der Waals surface area contributed by atoms with Gasteiger partial charge in [-0.25, -0.2) is 0 Å². The van der Waals surface area contributed by atoms with E-state index in [1.54, 1.807) is 13.1 Å². The van der Waals surface area contributed by atoms with Gasteiger partial charge in [0.2, 0.25) is 11.7 Å². The molecular weight excluding hydrogens is 266 g/mol. The van der Waals surface area contributed by atoms with Crippen LogP contribution in [0.3, 0.4) is 0 Å². The molecular formula is C16H17N3O2. The molecule has 3 rings (SSSR count). The second-order valence-corrected chi connectivity index (χ2v) is 5.12. The maximum atomic E-state index is 9.75. The second-order valence-electron chi connectivity index (χ2n) is 5.12. The van der Waals surface area contributed by atoms with Crippen LogP contribution in [0.1, 0.15) is 32.1 Å². The summed E-state index contributed by atoms with van der Waals surface area (Å²) < 4.78 is 5.31. The Bertz CT molecular complexity index is 752. The maximum Gasteiger partial charge on any atom is 0.232 e. The topological polar surface area (TPSA) is 72.0 Å². The molecule has 0 amide bonds. The van der Waals surface area contributed by atoms with E-state index < -0.39 is 6.10 Å². The van der Waals surface area contributed by atoms with Crippen LogP contribution in [0.4, 0.5) is 0 Å². The molecule has 0 aliphatic rings. The maximum absolute atomic E-state index is 9.75. The molecule has 0 aliphatic carbocycles. The first-order valence-electron chi connectivity index (χ1n) is 7.06. The van der Waals surface area contributed by atoms with Crippen LogP contribution >= 0.6 is 0 Å². The highest BCUT2D eigenvalue weighted by atomic mass is 16.5. The molecule has 2 atom stereocenters. The minimum Gasteiger partial charge on any atom is -0.393 e. The molecule has 2 aromatic heterocycles. The molecule has 0 aliphatic heterocycles. The zero-order chi connectivity index (χ0) is 14.8. The summed E-state index contributed by atoms with van der Waals surface area (Å²) in [6, 6.07) is 9.74. The first-order valence-corrected chi connectivity index (χ1v) is 7.06. The van der Waals surface area contributed by atoms with Crippen LogP contribution in [0.25, 0.3) is 22.3 Å². The molecule has 0 saturated carbocycles. The number of hydrogen-bond donors (Lipinski definition) is 1. The second kappa shape index (κ2) is 5.61. The Hall–Kier alpha value is -2.27. The molecule has 2 heterocycles. The summed E-state index contributed by atoms with van der Waals surface area (Å²) in [5.74, 6) is 0.886. The molecule has 0 spiro atoms. The summed E-state index contributed by atoms with van der Waals surface area (Å²) in [5, 5.41) is 14.8. The van der Waals surface area contributed by atoms with Crippen LogP contribution in [0.15, 0.2) is 41.1 Å². The van der Waals surface area contributed by atoms with Gasteiger partial charge in [0, 0.05) is 17.1 Å². The summed E-state index contributed by atoms with van der Waals surface area (Å²) >= 11 is 0. The van der Waals surface area contributed by atoms with E-state index >= 15 is 0 Å². The molecule has 0 fully saturated rings. The lowest BCUT2D eigenvalue weighted by molar-refractivity contribution is 0.141. The van der Waals surface area contributed by atoms with Gasteiger partial charge in [-0.05, 0) is 37.6 Å². The van der Waals surface area contributed by atoms with E-state index in [0.29, 0.717) is 11.7 Å². The Labute approximate surface area is 122 Å². The van der Waals surface area contributed by atoms with Gasteiger partial charge in [-0.15, -0.1) is 0 Å². The van der Waals surface area contributed by atoms with Crippen molar-refractivity contribution in [1.82, 2.24) is 15.1 Å². The highest BCUT2D eigenvalue weighted by Crippen LogP contribution is 2.26. The third-order valence-corrected chi connectivity index (χ3v) is 3.64. The standard InChI is InChI=1S/C16H17N3O2/c1-3-13(10(2)20)16-18-15(19-21-16)12-6-7-14-11(9-12)5-4-8-17-14/h4-10,13,20H,3H2,1-2H3. The minimum atomic E-state index is -0.510. The van der Waals surface area contributed by atoms with E-state index in [2.05, 4.69) is 15.1 Å². The van der Waals surface area contributed by atoms with Gasteiger partial charge in [0.05, 0.1) is 17.5 Å². The van der Waals surface area contributed by atoms with E-state index in [4.69, 9.17) is 4.52 Å². The average Bonchev–Trinajstić information content (AvgIpc) is 2.96. The summed E-state index contributed by atoms with van der Waals surface area (Å²) in [5.41, 5.74) is 1.81. The number of pyridine rings is 1. The van der Waals surface area contributed by atoms with Crippen LogP contribution in [0, 0.1) is 0 Å². The van der Waals surface area contributed by atoms with Crippen molar-refractivity contribution in [3.05, 3.63) is 42.4 Å². The highest BCUT2D eigenvalue weighted by molar-refractivity contribution is 5.82. The summed E-state index contributed by atoms with van der Waals surface area (Å²) in [6.07, 6.45) is 2.01. The van der Waals surface area contributed by atoms with E-state index in [1.807, 2.05) is 37.3 Å². The average molecular weight is 283 g/mol. The van der Waals surface area contributed by atoms with Gasteiger partial charge in [0.25, 0.3) is 0 Å². The van der Waals surface area contributed by atoms with Crippen molar-refractivity contribution in [3.63, 3.8) is 0 Å². The van der Waals surface area contributed by atoms with Crippen molar-refractivity contribution in [2.45, 2.75) is 32.3 Å². The largest absolute Gasteiger partial charge is 0.393 e. The fourth-order valence-electron chi connectivity index (χ4n) is 2.44. The number of hydrogen-bond acceptors (Lipinski definition) is 5. The summed E-state index contributed by atoms with van der Waals surface area (Å²) in [6.45, 7) is 3.72. The number of aliphatic hydroxyl groups excluding tert-OH is 1. The van der Waals surface area contributed by atoms with Gasteiger partial charge in [0.1, 0.15) is 0 Å².